The highest BCUT2D eigenvalue weighted by molar-refractivity contribution is 7.07. The Morgan fingerprint density at radius 2 is 1.95 bits per heavy atom. The summed E-state index contributed by atoms with van der Waals surface area (Å²) in [6, 6.07) is 10.7. The van der Waals surface area contributed by atoms with Gasteiger partial charge in [0.25, 0.3) is 5.56 Å². The van der Waals surface area contributed by atoms with Crippen molar-refractivity contribution in [1.29, 1.82) is 0 Å². The first kappa shape index (κ1) is 26.8. The predicted molar refractivity (Wildman–Crippen MR) is 140 cm³/mol. The third kappa shape index (κ3) is 5.69. The molecule has 0 bridgehead atoms. The molecule has 0 amide bonds. The first-order valence-corrected chi connectivity index (χ1v) is 12.9. The van der Waals surface area contributed by atoms with Gasteiger partial charge >= 0.3 is 5.97 Å². The summed E-state index contributed by atoms with van der Waals surface area (Å²) < 4.78 is 32.2. The number of carbonyl (C=O) groups excluding carboxylic acids is 1. The van der Waals surface area contributed by atoms with Crippen LogP contribution >= 0.6 is 22.9 Å². The zero-order valence-electron chi connectivity index (χ0n) is 20.6. The molecule has 37 heavy (non-hydrogen) atoms. The van der Waals surface area contributed by atoms with Crippen molar-refractivity contribution in [3.63, 3.8) is 0 Å². The van der Waals surface area contributed by atoms with Gasteiger partial charge in [0.2, 0.25) is 0 Å². The summed E-state index contributed by atoms with van der Waals surface area (Å²) in [7, 11) is 1.51. The summed E-state index contributed by atoms with van der Waals surface area (Å²) >= 11 is 7.29. The maximum Gasteiger partial charge on any atom is 0.338 e. The number of allylic oxidation sites excluding steroid dienone is 1. The Bertz CT molecular complexity index is 1490. The van der Waals surface area contributed by atoms with E-state index in [-0.39, 0.29) is 33.9 Å². The van der Waals surface area contributed by atoms with Gasteiger partial charge in [-0.05, 0) is 49.2 Å². The number of benzene rings is 2. The van der Waals surface area contributed by atoms with E-state index in [1.54, 1.807) is 25.1 Å². The third-order valence-corrected chi connectivity index (χ3v) is 7.02. The van der Waals surface area contributed by atoms with Crippen LogP contribution in [-0.2, 0) is 14.3 Å². The number of esters is 1. The summed E-state index contributed by atoms with van der Waals surface area (Å²) in [5, 5.41) is 0.184. The highest BCUT2D eigenvalue weighted by Gasteiger charge is 2.33. The van der Waals surface area contributed by atoms with Crippen LogP contribution in [-0.4, -0.2) is 37.5 Å². The van der Waals surface area contributed by atoms with Gasteiger partial charge in [0.1, 0.15) is 18.2 Å². The van der Waals surface area contributed by atoms with Crippen molar-refractivity contribution in [3.05, 3.63) is 95.4 Å². The maximum atomic E-state index is 14.5. The van der Waals surface area contributed by atoms with E-state index >= 15 is 0 Å². The Morgan fingerprint density at radius 1 is 1.19 bits per heavy atom. The number of hydrogen-bond donors (Lipinski definition) is 0. The molecule has 0 N–H and O–H groups in total. The topological polar surface area (TPSA) is 79.1 Å². The van der Waals surface area contributed by atoms with Crippen molar-refractivity contribution in [2.24, 2.45) is 4.99 Å². The van der Waals surface area contributed by atoms with Crippen LogP contribution in [0, 0.1) is 5.82 Å². The van der Waals surface area contributed by atoms with E-state index < -0.39 is 23.4 Å². The van der Waals surface area contributed by atoms with Gasteiger partial charge < -0.3 is 14.2 Å². The average molecular weight is 545 g/mol. The molecule has 7 nitrogen and oxygen atoms in total. The monoisotopic (exact) mass is 544 g/mol. The molecule has 1 aliphatic heterocycles. The molecule has 1 aliphatic rings. The Balaban J connectivity index is 1.87. The minimum absolute atomic E-state index is 0.0544. The van der Waals surface area contributed by atoms with E-state index in [1.165, 1.54) is 29.9 Å². The van der Waals surface area contributed by atoms with Crippen molar-refractivity contribution in [3.8, 4) is 5.75 Å². The number of methoxy groups -OCH3 is 1. The van der Waals surface area contributed by atoms with Crippen LogP contribution < -0.4 is 19.6 Å². The Morgan fingerprint density at radius 3 is 2.62 bits per heavy atom. The molecule has 1 aromatic heterocycles. The van der Waals surface area contributed by atoms with Crippen molar-refractivity contribution in [2.45, 2.75) is 26.3 Å². The van der Waals surface area contributed by atoms with E-state index in [4.69, 9.17) is 25.8 Å². The quantitative estimate of drug-likeness (QED) is 0.300. The van der Waals surface area contributed by atoms with E-state index in [0.717, 1.165) is 17.8 Å². The molecule has 0 fully saturated rings. The molecule has 1 atom stereocenters. The molecule has 4 rings (SSSR count). The number of ether oxygens (including phenoxy) is 3. The largest absolute Gasteiger partial charge is 0.494 e. The average Bonchev–Trinajstić information content (AvgIpc) is 3.19. The fourth-order valence-corrected chi connectivity index (χ4v) is 5.19. The molecule has 2 aromatic carbocycles. The van der Waals surface area contributed by atoms with Crippen molar-refractivity contribution >= 4 is 35.0 Å². The van der Waals surface area contributed by atoms with Crippen molar-refractivity contribution < 1.29 is 23.4 Å². The van der Waals surface area contributed by atoms with Gasteiger partial charge in [-0.15, -0.1) is 0 Å². The lowest BCUT2D eigenvalue weighted by Gasteiger charge is -2.25. The molecular weight excluding hydrogens is 519 g/mol. The second-order valence-electron chi connectivity index (χ2n) is 8.26. The molecule has 194 valence electrons. The zero-order chi connectivity index (χ0) is 26.5. The van der Waals surface area contributed by atoms with Crippen LogP contribution in [0.3, 0.4) is 0 Å². The molecule has 0 radical (unpaired) electrons. The molecular formula is C27H26ClFN2O5S. The first-order chi connectivity index (χ1) is 17.8. The van der Waals surface area contributed by atoms with Gasteiger partial charge in [-0.25, -0.2) is 14.2 Å². The number of thiazole rings is 1. The van der Waals surface area contributed by atoms with E-state index in [0.29, 0.717) is 28.4 Å². The second-order valence-corrected chi connectivity index (χ2v) is 9.68. The minimum Gasteiger partial charge on any atom is -0.494 e. The van der Waals surface area contributed by atoms with E-state index in [1.807, 2.05) is 19.1 Å². The lowest BCUT2D eigenvalue weighted by atomic mass is 9.96. The molecule has 0 saturated heterocycles. The zero-order valence-corrected chi connectivity index (χ0v) is 22.2. The molecule has 2 heterocycles. The predicted octanol–water partition coefficient (Wildman–Crippen LogP) is 4.01. The van der Waals surface area contributed by atoms with Gasteiger partial charge in [0, 0.05) is 12.7 Å². The Labute approximate surface area is 222 Å². The van der Waals surface area contributed by atoms with Crippen LogP contribution in [0.4, 0.5) is 4.39 Å². The number of rotatable bonds is 9. The van der Waals surface area contributed by atoms with Gasteiger partial charge in [-0.2, -0.15) is 0 Å². The third-order valence-electron chi connectivity index (χ3n) is 5.71. The van der Waals surface area contributed by atoms with Crippen molar-refractivity contribution in [1.82, 2.24) is 4.57 Å². The lowest BCUT2D eigenvalue weighted by molar-refractivity contribution is -0.140. The standard InChI is InChI=1S/C27H26ClFN2O5S/c1-4-12-35-18-10-8-17(9-11-18)24-23(26(33)36-14-13-34-3)16(2)30-27-31(24)25(32)22(37-27)15-19-20(28)6-5-7-21(19)29/h5-11,15,24H,4,12-14H2,1-3H3/b22-15-. The fraction of sp³-hybridized carbons (Fsp3) is 0.296. The second kappa shape index (κ2) is 11.9. The highest BCUT2D eigenvalue weighted by atomic mass is 35.5. The molecule has 0 saturated carbocycles. The van der Waals surface area contributed by atoms with E-state index in [9.17, 15) is 14.0 Å². The van der Waals surface area contributed by atoms with Gasteiger partial charge in [0.05, 0.1) is 40.1 Å². The highest BCUT2D eigenvalue weighted by Crippen LogP contribution is 2.31. The maximum absolute atomic E-state index is 14.5. The molecule has 1 unspecified atom stereocenters. The summed E-state index contributed by atoms with van der Waals surface area (Å²) in [4.78, 5) is 31.8. The van der Waals surface area contributed by atoms with Crippen molar-refractivity contribution in [2.75, 3.05) is 26.9 Å². The number of hydrogen-bond acceptors (Lipinski definition) is 7. The first-order valence-electron chi connectivity index (χ1n) is 11.7. The SMILES string of the molecule is CCCOc1ccc(C2C(C(=O)OCCOC)=C(C)N=c3s/c(=C\c4c(F)cccc4Cl)c(=O)n32)cc1. The fourth-order valence-electron chi connectivity index (χ4n) is 3.94. The summed E-state index contributed by atoms with van der Waals surface area (Å²) in [5.74, 6) is -0.464. The number of aromatic nitrogens is 1. The smallest absolute Gasteiger partial charge is 0.338 e. The molecule has 10 heteroatoms. The van der Waals surface area contributed by atoms with Crippen LogP contribution in [0.25, 0.3) is 6.08 Å². The van der Waals surface area contributed by atoms with Gasteiger partial charge in [0.15, 0.2) is 4.80 Å². The number of carbonyl (C=O) groups is 1. The molecule has 3 aromatic rings. The Hall–Kier alpha value is -3.27. The summed E-state index contributed by atoms with van der Waals surface area (Å²) in [6.45, 7) is 4.57. The van der Waals surface area contributed by atoms with Crippen LogP contribution in [0.2, 0.25) is 5.02 Å². The van der Waals surface area contributed by atoms with E-state index in [2.05, 4.69) is 4.99 Å². The molecule has 0 spiro atoms. The van der Waals surface area contributed by atoms with Crippen LogP contribution in [0.5, 0.6) is 5.75 Å². The van der Waals surface area contributed by atoms with Gasteiger partial charge in [-0.1, -0.05) is 48.1 Å². The summed E-state index contributed by atoms with van der Waals surface area (Å²) in [5.41, 5.74) is 1.03. The number of nitrogens with zero attached hydrogens (tertiary/aromatic N) is 2. The van der Waals surface area contributed by atoms with Crippen LogP contribution in [0.15, 0.2) is 63.5 Å². The Kier molecular flexibility index (Phi) is 8.58. The number of fused-ring (bicyclic) bond motifs is 1. The number of halogens is 2. The van der Waals surface area contributed by atoms with Gasteiger partial charge in [-0.3, -0.25) is 9.36 Å². The van der Waals surface area contributed by atoms with Crippen LogP contribution in [0.1, 0.15) is 37.4 Å². The minimum atomic E-state index is -0.801. The summed E-state index contributed by atoms with van der Waals surface area (Å²) in [6.07, 6.45) is 2.28. The lowest BCUT2D eigenvalue weighted by Crippen LogP contribution is -2.40. The normalized spacial score (nSPS) is 15.4. The molecule has 0 aliphatic carbocycles.